The molecule has 4 heterocycles. The molecule has 5 rings (SSSR count). The normalized spacial score (nSPS) is 12.3. The van der Waals surface area contributed by atoms with E-state index in [1.165, 1.54) is 11.8 Å². The number of nitrogens with zero attached hydrogens (tertiary/aromatic N) is 1. The number of carbonyl (C=O) groups is 1. The van der Waals surface area contributed by atoms with Crippen molar-refractivity contribution in [3.63, 3.8) is 0 Å². The van der Waals surface area contributed by atoms with Crippen LogP contribution < -0.4 is 14.8 Å². The Balaban J connectivity index is 1.22. The van der Waals surface area contributed by atoms with Crippen molar-refractivity contribution in [3.8, 4) is 34.4 Å². The van der Waals surface area contributed by atoms with Gasteiger partial charge >= 0.3 is 0 Å². The van der Waals surface area contributed by atoms with Gasteiger partial charge in [0.2, 0.25) is 12.7 Å². The summed E-state index contributed by atoms with van der Waals surface area (Å²) >= 11 is 1.45. The summed E-state index contributed by atoms with van der Waals surface area (Å²) in [6, 6.07) is 12.6. The predicted octanol–water partition coefficient (Wildman–Crippen LogP) is 4.78. The Kier molecular flexibility index (Phi) is 4.94. The van der Waals surface area contributed by atoms with Gasteiger partial charge in [-0.25, -0.2) is 4.98 Å². The van der Waals surface area contributed by atoms with E-state index in [0.29, 0.717) is 51.7 Å². The first-order chi connectivity index (χ1) is 14.8. The fourth-order valence-corrected chi connectivity index (χ4v) is 3.86. The van der Waals surface area contributed by atoms with E-state index in [4.69, 9.17) is 18.3 Å². The molecule has 1 aromatic carbocycles. The fourth-order valence-electron chi connectivity index (χ4n) is 3.05. The summed E-state index contributed by atoms with van der Waals surface area (Å²) in [4.78, 5) is 20.2. The third-order valence-electron chi connectivity index (χ3n) is 4.43. The molecule has 0 aliphatic carbocycles. The molecule has 1 aliphatic heterocycles. The standard InChI is InChI=1S/C21H17N3O5S/c25-18(22-13-5-6-14-17(11-13)29-12-28-14)7-10-30-21-23-19(15-3-1-8-26-15)20(24-21)16-4-2-9-27-16/h1-6,8-9,11H,7,10,12H2,(H,22,25)(H,23,24). The number of fused-ring (bicyclic) bond motifs is 1. The smallest absolute Gasteiger partial charge is 0.231 e. The van der Waals surface area contributed by atoms with Crippen molar-refractivity contribution < 1.29 is 23.1 Å². The Morgan fingerprint density at radius 3 is 2.67 bits per heavy atom. The highest BCUT2D eigenvalue weighted by Gasteiger charge is 2.19. The Bertz CT molecular complexity index is 1100. The van der Waals surface area contributed by atoms with Gasteiger partial charge < -0.3 is 28.6 Å². The summed E-state index contributed by atoms with van der Waals surface area (Å²) in [5.74, 6) is 3.09. The first-order valence-corrected chi connectivity index (χ1v) is 10.2. The Morgan fingerprint density at radius 2 is 1.87 bits per heavy atom. The van der Waals surface area contributed by atoms with Crippen LogP contribution in [-0.4, -0.2) is 28.4 Å². The maximum absolute atomic E-state index is 12.3. The van der Waals surface area contributed by atoms with Crippen LogP contribution in [0.5, 0.6) is 11.5 Å². The van der Waals surface area contributed by atoms with E-state index in [2.05, 4.69) is 15.3 Å². The Morgan fingerprint density at radius 1 is 1.07 bits per heavy atom. The van der Waals surface area contributed by atoms with Crippen molar-refractivity contribution in [2.45, 2.75) is 11.6 Å². The minimum atomic E-state index is -0.0922. The van der Waals surface area contributed by atoms with Gasteiger partial charge in [-0.05, 0) is 36.4 Å². The first kappa shape index (κ1) is 18.4. The molecule has 0 spiro atoms. The van der Waals surface area contributed by atoms with E-state index >= 15 is 0 Å². The molecule has 0 saturated carbocycles. The van der Waals surface area contributed by atoms with Crippen LogP contribution in [0.2, 0.25) is 0 Å². The van der Waals surface area contributed by atoms with Crippen LogP contribution in [-0.2, 0) is 4.79 Å². The van der Waals surface area contributed by atoms with Crippen LogP contribution in [0, 0.1) is 0 Å². The van der Waals surface area contributed by atoms with E-state index in [9.17, 15) is 4.79 Å². The maximum Gasteiger partial charge on any atom is 0.231 e. The van der Waals surface area contributed by atoms with Gasteiger partial charge in [-0.1, -0.05) is 11.8 Å². The highest BCUT2D eigenvalue weighted by molar-refractivity contribution is 7.99. The lowest BCUT2D eigenvalue weighted by atomic mass is 10.2. The van der Waals surface area contributed by atoms with Gasteiger partial charge in [0, 0.05) is 23.9 Å². The molecular weight excluding hydrogens is 406 g/mol. The lowest BCUT2D eigenvalue weighted by Gasteiger charge is -2.05. The number of benzene rings is 1. The third kappa shape index (κ3) is 3.79. The van der Waals surface area contributed by atoms with Crippen molar-refractivity contribution in [2.24, 2.45) is 0 Å². The van der Waals surface area contributed by atoms with Crippen LogP contribution in [0.1, 0.15) is 6.42 Å². The maximum atomic E-state index is 12.3. The van der Waals surface area contributed by atoms with E-state index in [0.717, 1.165) is 5.69 Å². The van der Waals surface area contributed by atoms with Gasteiger partial charge in [-0.3, -0.25) is 4.79 Å². The number of imidazole rings is 1. The zero-order valence-electron chi connectivity index (χ0n) is 15.7. The molecule has 0 saturated heterocycles. The molecule has 0 unspecified atom stereocenters. The molecular formula is C21H17N3O5S. The minimum Gasteiger partial charge on any atom is -0.463 e. The Hall–Kier alpha value is -3.59. The average molecular weight is 423 g/mol. The first-order valence-electron chi connectivity index (χ1n) is 9.26. The molecule has 2 N–H and O–H groups in total. The van der Waals surface area contributed by atoms with Crippen LogP contribution in [0.4, 0.5) is 5.69 Å². The third-order valence-corrected chi connectivity index (χ3v) is 5.30. The number of rotatable bonds is 7. The van der Waals surface area contributed by atoms with Gasteiger partial charge in [0.15, 0.2) is 28.2 Å². The predicted molar refractivity (Wildman–Crippen MR) is 111 cm³/mol. The van der Waals surface area contributed by atoms with Crippen LogP contribution in [0.15, 0.2) is 69.0 Å². The summed E-state index contributed by atoms with van der Waals surface area (Å²) in [6.07, 6.45) is 3.53. The highest BCUT2D eigenvalue weighted by Crippen LogP contribution is 2.35. The van der Waals surface area contributed by atoms with Crippen molar-refractivity contribution in [1.82, 2.24) is 9.97 Å². The molecule has 0 bridgehead atoms. The summed E-state index contributed by atoms with van der Waals surface area (Å²) in [5, 5.41) is 3.55. The summed E-state index contributed by atoms with van der Waals surface area (Å²) in [6.45, 7) is 0.201. The lowest BCUT2D eigenvalue weighted by Crippen LogP contribution is -2.12. The fraction of sp³-hybridized carbons (Fsp3) is 0.143. The van der Waals surface area contributed by atoms with Crippen molar-refractivity contribution >= 4 is 23.4 Å². The highest BCUT2D eigenvalue weighted by atomic mass is 32.2. The number of hydrogen-bond acceptors (Lipinski definition) is 7. The zero-order chi connectivity index (χ0) is 20.3. The van der Waals surface area contributed by atoms with Crippen molar-refractivity contribution in [3.05, 3.63) is 55.0 Å². The number of amides is 1. The molecule has 30 heavy (non-hydrogen) atoms. The van der Waals surface area contributed by atoms with E-state index in [-0.39, 0.29) is 12.7 Å². The molecule has 0 radical (unpaired) electrons. The van der Waals surface area contributed by atoms with E-state index in [1.807, 2.05) is 24.3 Å². The number of nitrogens with one attached hydrogen (secondary N) is 2. The number of carbonyl (C=O) groups excluding carboxylic acids is 1. The molecule has 8 nitrogen and oxygen atoms in total. The van der Waals surface area contributed by atoms with Crippen LogP contribution >= 0.6 is 11.8 Å². The second kappa shape index (κ2) is 8.03. The van der Waals surface area contributed by atoms with Gasteiger partial charge in [-0.15, -0.1) is 0 Å². The summed E-state index contributed by atoms with van der Waals surface area (Å²) in [5.41, 5.74) is 2.08. The number of H-pyrrole nitrogens is 1. The number of ether oxygens (including phenoxy) is 2. The largest absolute Gasteiger partial charge is 0.463 e. The summed E-state index contributed by atoms with van der Waals surface area (Å²) < 4.78 is 21.6. The molecule has 0 fully saturated rings. The second-order valence-corrected chi connectivity index (χ2v) is 7.52. The number of thioether (sulfide) groups is 1. The monoisotopic (exact) mass is 423 g/mol. The topological polar surface area (TPSA) is 103 Å². The van der Waals surface area contributed by atoms with Gasteiger partial charge in [0.1, 0.15) is 11.4 Å². The van der Waals surface area contributed by atoms with Gasteiger partial charge in [0.25, 0.3) is 0 Å². The average Bonchev–Trinajstić information content (AvgIpc) is 3.54. The summed E-state index contributed by atoms with van der Waals surface area (Å²) in [7, 11) is 0. The molecule has 9 heteroatoms. The molecule has 0 atom stereocenters. The second-order valence-electron chi connectivity index (χ2n) is 6.43. The van der Waals surface area contributed by atoms with E-state index < -0.39 is 0 Å². The lowest BCUT2D eigenvalue weighted by molar-refractivity contribution is -0.115. The van der Waals surface area contributed by atoms with E-state index in [1.54, 1.807) is 30.7 Å². The van der Waals surface area contributed by atoms with Gasteiger partial charge in [-0.2, -0.15) is 0 Å². The number of aromatic amines is 1. The zero-order valence-corrected chi connectivity index (χ0v) is 16.5. The molecule has 1 aliphatic rings. The molecule has 3 aromatic heterocycles. The number of furan rings is 2. The van der Waals surface area contributed by atoms with Crippen LogP contribution in [0.3, 0.4) is 0 Å². The minimum absolute atomic E-state index is 0.0922. The molecule has 152 valence electrons. The van der Waals surface area contributed by atoms with Crippen LogP contribution in [0.25, 0.3) is 22.9 Å². The number of aromatic nitrogens is 2. The molecule has 4 aromatic rings. The van der Waals surface area contributed by atoms with Gasteiger partial charge in [0.05, 0.1) is 12.5 Å². The number of anilines is 1. The molecule has 1 amide bonds. The Labute approximate surface area is 175 Å². The quantitative estimate of drug-likeness (QED) is 0.412. The van der Waals surface area contributed by atoms with Crippen molar-refractivity contribution in [2.75, 3.05) is 17.9 Å². The van der Waals surface area contributed by atoms with Crippen molar-refractivity contribution in [1.29, 1.82) is 0 Å². The number of hydrogen-bond donors (Lipinski definition) is 2. The SMILES string of the molecule is O=C(CCSc1nc(-c2ccco2)c(-c2ccco2)[nH]1)Nc1ccc2c(c1)OCO2.